The van der Waals surface area contributed by atoms with Crippen LogP contribution in [0.5, 0.6) is 0 Å². The summed E-state index contributed by atoms with van der Waals surface area (Å²) < 4.78 is 0. The van der Waals surface area contributed by atoms with Gasteiger partial charge in [-0.3, -0.25) is 9.69 Å². The summed E-state index contributed by atoms with van der Waals surface area (Å²) >= 11 is 1.94. The van der Waals surface area contributed by atoms with Crippen LogP contribution >= 0.6 is 11.8 Å². The summed E-state index contributed by atoms with van der Waals surface area (Å²) in [5.74, 6) is 2.25. The van der Waals surface area contributed by atoms with Crippen LogP contribution in [0, 0.1) is 5.92 Å². The average Bonchev–Trinajstić information content (AvgIpc) is 2.80. The zero-order valence-corrected chi connectivity index (χ0v) is 14.0. The highest BCUT2D eigenvalue weighted by atomic mass is 32.2. The first-order valence-corrected chi connectivity index (χ1v) is 9.22. The summed E-state index contributed by atoms with van der Waals surface area (Å²) in [6, 6.07) is 0.693. The van der Waals surface area contributed by atoms with Gasteiger partial charge in [0.05, 0.1) is 0 Å². The lowest BCUT2D eigenvalue weighted by Gasteiger charge is -2.39. The van der Waals surface area contributed by atoms with E-state index in [4.69, 9.17) is 0 Å². The molecule has 2 aliphatic heterocycles. The van der Waals surface area contributed by atoms with Crippen molar-refractivity contribution in [2.24, 2.45) is 5.92 Å². The molecule has 20 heavy (non-hydrogen) atoms. The topological polar surface area (TPSA) is 26.8 Å². The van der Waals surface area contributed by atoms with Crippen LogP contribution in [-0.4, -0.2) is 84.5 Å². The van der Waals surface area contributed by atoms with E-state index in [1.165, 1.54) is 31.8 Å². The third-order valence-corrected chi connectivity index (χ3v) is 5.40. The Morgan fingerprint density at radius 1 is 1.20 bits per heavy atom. The van der Waals surface area contributed by atoms with Gasteiger partial charge < -0.3 is 9.80 Å². The van der Waals surface area contributed by atoms with E-state index in [1.54, 1.807) is 6.92 Å². The molecule has 0 spiro atoms. The van der Waals surface area contributed by atoms with Crippen LogP contribution in [0.1, 0.15) is 20.3 Å². The van der Waals surface area contributed by atoms with Gasteiger partial charge in [-0.05, 0) is 30.9 Å². The standard InChI is InChI=1S/C15H29N3OS/c1-13-11-16(5-4-10-20-3)12-15(13)18-8-6-17(7-9-18)14(2)19/h13,15H,4-12H2,1-3H3/t13-,15-/m1/s1. The highest BCUT2D eigenvalue weighted by Crippen LogP contribution is 2.23. The first-order chi connectivity index (χ1) is 9.61. The summed E-state index contributed by atoms with van der Waals surface area (Å²) in [7, 11) is 0. The lowest BCUT2D eigenvalue weighted by molar-refractivity contribution is -0.130. The molecule has 4 nitrogen and oxygen atoms in total. The van der Waals surface area contributed by atoms with Gasteiger partial charge in [-0.1, -0.05) is 6.92 Å². The van der Waals surface area contributed by atoms with Crippen LogP contribution in [0.25, 0.3) is 0 Å². The summed E-state index contributed by atoms with van der Waals surface area (Å²) in [4.78, 5) is 18.6. The number of carbonyl (C=O) groups excluding carboxylic acids is 1. The van der Waals surface area contributed by atoms with Crippen molar-refractivity contribution in [2.45, 2.75) is 26.3 Å². The maximum absolute atomic E-state index is 11.4. The Hall–Kier alpha value is -0.260. The van der Waals surface area contributed by atoms with Gasteiger partial charge in [-0.15, -0.1) is 0 Å². The van der Waals surface area contributed by atoms with Crippen molar-refractivity contribution in [1.82, 2.24) is 14.7 Å². The monoisotopic (exact) mass is 299 g/mol. The number of likely N-dealkylation sites (tertiary alicyclic amines) is 1. The number of carbonyl (C=O) groups is 1. The van der Waals surface area contributed by atoms with Crippen LogP contribution in [0.4, 0.5) is 0 Å². The number of nitrogens with zero attached hydrogens (tertiary/aromatic N) is 3. The van der Waals surface area contributed by atoms with E-state index < -0.39 is 0 Å². The Balaban J connectivity index is 1.77. The lowest BCUT2D eigenvalue weighted by Crippen LogP contribution is -2.53. The highest BCUT2D eigenvalue weighted by molar-refractivity contribution is 7.98. The second-order valence-corrected chi connectivity index (χ2v) is 7.18. The number of hydrogen-bond donors (Lipinski definition) is 0. The molecule has 2 rings (SSSR count). The SMILES string of the molecule is CSCCCN1C[C@@H](C)[C@H](N2CCN(C(C)=O)CC2)C1. The van der Waals surface area contributed by atoms with Crippen molar-refractivity contribution in [3.05, 3.63) is 0 Å². The lowest BCUT2D eigenvalue weighted by atomic mass is 10.0. The van der Waals surface area contributed by atoms with Crippen LogP contribution in [0.15, 0.2) is 0 Å². The minimum Gasteiger partial charge on any atom is -0.340 e. The molecular formula is C15H29N3OS. The van der Waals surface area contributed by atoms with E-state index in [0.29, 0.717) is 6.04 Å². The molecule has 2 atom stereocenters. The van der Waals surface area contributed by atoms with Crippen LogP contribution in [0.2, 0.25) is 0 Å². The second-order valence-electron chi connectivity index (χ2n) is 6.19. The predicted octanol–water partition coefficient (Wildman–Crippen LogP) is 1.22. The summed E-state index contributed by atoms with van der Waals surface area (Å²) in [5, 5.41) is 0. The van der Waals surface area contributed by atoms with Crippen LogP contribution in [0.3, 0.4) is 0 Å². The second kappa shape index (κ2) is 7.66. The fourth-order valence-corrected chi connectivity index (χ4v) is 3.92. The van der Waals surface area contributed by atoms with Gasteiger partial charge in [-0.2, -0.15) is 11.8 Å². The molecule has 0 N–H and O–H groups in total. The van der Waals surface area contributed by atoms with Crippen molar-refractivity contribution in [1.29, 1.82) is 0 Å². The van der Waals surface area contributed by atoms with Crippen LogP contribution < -0.4 is 0 Å². The summed E-state index contributed by atoms with van der Waals surface area (Å²) in [6.07, 6.45) is 3.49. The Labute approximate surface area is 127 Å². The van der Waals surface area contributed by atoms with Gasteiger partial charge >= 0.3 is 0 Å². The molecule has 0 saturated carbocycles. The molecule has 0 radical (unpaired) electrons. The van der Waals surface area contributed by atoms with Crippen molar-refractivity contribution in [3.63, 3.8) is 0 Å². The van der Waals surface area contributed by atoms with E-state index in [-0.39, 0.29) is 5.91 Å². The van der Waals surface area contributed by atoms with E-state index >= 15 is 0 Å². The van der Waals surface area contributed by atoms with Gasteiger partial charge in [0.25, 0.3) is 0 Å². The molecule has 2 fully saturated rings. The zero-order chi connectivity index (χ0) is 14.5. The quantitative estimate of drug-likeness (QED) is 0.713. The van der Waals surface area contributed by atoms with Crippen molar-refractivity contribution in [3.8, 4) is 0 Å². The third-order valence-electron chi connectivity index (χ3n) is 4.70. The molecule has 0 aromatic heterocycles. The van der Waals surface area contributed by atoms with Gasteiger partial charge in [0, 0.05) is 52.2 Å². The maximum Gasteiger partial charge on any atom is 0.219 e. The summed E-state index contributed by atoms with van der Waals surface area (Å²) in [6.45, 7) is 11.7. The van der Waals surface area contributed by atoms with E-state index in [2.05, 4.69) is 23.0 Å². The largest absolute Gasteiger partial charge is 0.340 e. The number of amides is 1. The Kier molecular flexibility index (Phi) is 6.18. The molecule has 0 bridgehead atoms. The molecule has 0 unspecified atom stereocenters. The zero-order valence-electron chi connectivity index (χ0n) is 13.2. The number of rotatable bonds is 5. The molecule has 116 valence electrons. The van der Waals surface area contributed by atoms with E-state index in [1.807, 2.05) is 16.7 Å². The van der Waals surface area contributed by atoms with E-state index in [9.17, 15) is 4.79 Å². The maximum atomic E-state index is 11.4. The average molecular weight is 299 g/mol. The molecule has 1 amide bonds. The molecule has 5 heteroatoms. The van der Waals surface area contributed by atoms with Gasteiger partial charge in [-0.25, -0.2) is 0 Å². The molecule has 2 aliphatic rings. The minimum absolute atomic E-state index is 0.225. The Bertz CT molecular complexity index is 318. The van der Waals surface area contributed by atoms with Gasteiger partial charge in [0.1, 0.15) is 0 Å². The first-order valence-electron chi connectivity index (χ1n) is 7.82. The molecule has 0 aromatic rings. The Morgan fingerprint density at radius 3 is 2.50 bits per heavy atom. The third kappa shape index (κ3) is 4.12. The summed E-state index contributed by atoms with van der Waals surface area (Å²) in [5.41, 5.74) is 0. The number of thioether (sulfide) groups is 1. The number of hydrogen-bond acceptors (Lipinski definition) is 4. The molecule has 2 heterocycles. The predicted molar refractivity (Wildman–Crippen MR) is 86.2 cm³/mol. The van der Waals surface area contributed by atoms with E-state index in [0.717, 1.165) is 32.1 Å². The van der Waals surface area contributed by atoms with Gasteiger partial charge in [0.15, 0.2) is 0 Å². The van der Waals surface area contributed by atoms with Crippen molar-refractivity contribution >= 4 is 17.7 Å². The number of piperazine rings is 1. The minimum atomic E-state index is 0.225. The first kappa shape index (κ1) is 16.1. The molecule has 0 aromatic carbocycles. The fourth-order valence-electron chi connectivity index (χ4n) is 3.51. The normalized spacial score (nSPS) is 29.1. The molecule has 0 aliphatic carbocycles. The smallest absolute Gasteiger partial charge is 0.219 e. The van der Waals surface area contributed by atoms with Crippen molar-refractivity contribution in [2.75, 3.05) is 57.8 Å². The highest BCUT2D eigenvalue weighted by Gasteiger charge is 2.35. The molecule has 2 saturated heterocycles. The van der Waals surface area contributed by atoms with Gasteiger partial charge in [0.2, 0.25) is 5.91 Å². The Morgan fingerprint density at radius 2 is 1.90 bits per heavy atom. The van der Waals surface area contributed by atoms with Crippen LogP contribution in [-0.2, 0) is 4.79 Å². The fraction of sp³-hybridized carbons (Fsp3) is 0.933. The van der Waals surface area contributed by atoms with Crippen molar-refractivity contribution < 1.29 is 4.79 Å². The molecular weight excluding hydrogens is 270 g/mol.